The Labute approximate surface area is 158 Å². The Hall–Kier alpha value is -2.88. The van der Waals surface area contributed by atoms with Crippen molar-refractivity contribution in [2.24, 2.45) is 0 Å². The summed E-state index contributed by atoms with van der Waals surface area (Å²) in [6.45, 7) is 6.59. The third-order valence-electron chi connectivity index (χ3n) is 6.42. The van der Waals surface area contributed by atoms with E-state index < -0.39 is 0 Å². The molecule has 1 heterocycles. The third-order valence-corrected chi connectivity index (χ3v) is 6.42. The molecule has 1 aromatic heterocycles. The van der Waals surface area contributed by atoms with Crippen LogP contribution in [-0.4, -0.2) is 15.2 Å². The molecule has 2 fully saturated rings. The zero-order valence-electron chi connectivity index (χ0n) is 15.5. The first-order valence-corrected chi connectivity index (χ1v) is 9.52. The van der Waals surface area contributed by atoms with Gasteiger partial charge in [0.2, 0.25) is 0 Å². The molecule has 4 N–H and O–H groups in total. The Morgan fingerprint density at radius 3 is 2.44 bits per heavy atom. The van der Waals surface area contributed by atoms with Crippen molar-refractivity contribution in [3.63, 3.8) is 0 Å². The molecule has 138 valence electrons. The van der Waals surface area contributed by atoms with E-state index in [1.54, 1.807) is 12.1 Å². The smallest absolute Gasteiger partial charge is 0.157 e. The summed E-state index contributed by atoms with van der Waals surface area (Å²) in [4.78, 5) is 3.56. The van der Waals surface area contributed by atoms with Crippen LogP contribution in [0, 0.1) is 0 Å². The van der Waals surface area contributed by atoms with Crippen molar-refractivity contribution in [1.82, 2.24) is 4.98 Å². The van der Waals surface area contributed by atoms with Gasteiger partial charge in [0.05, 0.1) is 0 Å². The van der Waals surface area contributed by atoms with Crippen LogP contribution >= 0.6 is 0 Å². The second kappa shape index (κ2) is 5.32. The van der Waals surface area contributed by atoms with E-state index in [1.165, 1.54) is 29.4 Å². The normalized spacial score (nSPS) is 19.0. The average Bonchev–Trinajstić information content (AvgIpc) is 3.55. The third kappa shape index (κ3) is 2.59. The van der Waals surface area contributed by atoms with Crippen molar-refractivity contribution < 1.29 is 10.2 Å². The lowest BCUT2D eigenvalue weighted by Crippen LogP contribution is -2.16. The van der Waals surface area contributed by atoms with Crippen LogP contribution in [0.2, 0.25) is 0 Å². The predicted molar refractivity (Wildman–Crippen MR) is 108 cm³/mol. The highest BCUT2D eigenvalue weighted by Gasteiger charge is 2.47. The summed E-state index contributed by atoms with van der Waals surface area (Å²) in [5.74, 6) is -0.174. The molecule has 0 bridgehead atoms. The molecule has 0 atom stereocenters. The van der Waals surface area contributed by atoms with Gasteiger partial charge in [0.25, 0.3) is 0 Å². The van der Waals surface area contributed by atoms with Crippen LogP contribution < -0.4 is 5.32 Å². The molecule has 27 heavy (non-hydrogen) atoms. The fourth-order valence-electron chi connectivity index (χ4n) is 4.00. The lowest BCUT2D eigenvalue weighted by molar-refractivity contribution is 0.402. The second-order valence-corrected chi connectivity index (χ2v) is 8.43. The Morgan fingerprint density at radius 1 is 1.00 bits per heavy atom. The zero-order valence-corrected chi connectivity index (χ0v) is 15.5. The first-order chi connectivity index (χ1) is 12.9. The van der Waals surface area contributed by atoms with Crippen LogP contribution in [-0.2, 0) is 10.8 Å². The standard InChI is InChI=1S/C23H24N2O2/c1-14(23(9-10-23)16-3-6-19(26)20(27)13-16)24-17-4-5-18-15(11-17)12-21(25-18)22(2)7-8-22/h3-6,11-13,24-27H,1,7-10H2,2H3. The number of H-pyrrole nitrogens is 1. The lowest BCUT2D eigenvalue weighted by Gasteiger charge is -2.21. The molecule has 2 saturated carbocycles. The molecular formula is C23H24N2O2. The highest BCUT2D eigenvalue weighted by molar-refractivity contribution is 5.85. The lowest BCUT2D eigenvalue weighted by atomic mass is 9.92. The van der Waals surface area contributed by atoms with E-state index in [0.717, 1.165) is 29.8 Å². The quantitative estimate of drug-likeness (QED) is 0.468. The summed E-state index contributed by atoms with van der Waals surface area (Å²) in [5.41, 5.74) is 5.58. The fraction of sp³-hybridized carbons (Fsp3) is 0.304. The maximum absolute atomic E-state index is 9.85. The van der Waals surface area contributed by atoms with Gasteiger partial charge < -0.3 is 20.5 Å². The number of hydrogen-bond donors (Lipinski definition) is 4. The molecular weight excluding hydrogens is 336 g/mol. The molecule has 2 aliphatic carbocycles. The Bertz CT molecular complexity index is 1070. The number of rotatable bonds is 5. The summed E-state index contributed by atoms with van der Waals surface area (Å²) in [6, 6.07) is 13.7. The van der Waals surface area contributed by atoms with E-state index in [0.29, 0.717) is 5.41 Å². The van der Waals surface area contributed by atoms with Gasteiger partial charge in [0, 0.05) is 38.8 Å². The zero-order chi connectivity index (χ0) is 18.8. The number of fused-ring (bicyclic) bond motifs is 1. The van der Waals surface area contributed by atoms with Crippen LogP contribution in [0.25, 0.3) is 10.9 Å². The average molecular weight is 360 g/mol. The van der Waals surface area contributed by atoms with Crippen LogP contribution in [0.1, 0.15) is 43.9 Å². The molecule has 4 heteroatoms. The number of phenols is 2. The Morgan fingerprint density at radius 2 is 1.78 bits per heavy atom. The highest BCUT2D eigenvalue weighted by atomic mass is 16.3. The minimum absolute atomic E-state index is 0.0820. The molecule has 3 aromatic rings. The first-order valence-electron chi connectivity index (χ1n) is 9.52. The topological polar surface area (TPSA) is 68.3 Å². The maximum atomic E-state index is 9.85. The van der Waals surface area contributed by atoms with Crippen molar-refractivity contribution in [3.8, 4) is 11.5 Å². The minimum atomic E-state index is -0.176. The van der Waals surface area contributed by atoms with Crippen molar-refractivity contribution in [2.75, 3.05) is 5.32 Å². The van der Waals surface area contributed by atoms with Crippen molar-refractivity contribution >= 4 is 16.6 Å². The van der Waals surface area contributed by atoms with E-state index in [9.17, 15) is 10.2 Å². The number of aromatic hydroxyl groups is 2. The van der Waals surface area contributed by atoms with Crippen LogP contribution in [0.4, 0.5) is 5.69 Å². The molecule has 0 spiro atoms. The van der Waals surface area contributed by atoms with E-state index in [1.807, 2.05) is 6.07 Å². The van der Waals surface area contributed by atoms with E-state index >= 15 is 0 Å². The molecule has 0 aliphatic heterocycles. The number of phenolic OH excluding ortho intramolecular Hbond substituents is 2. The predicted octanol–water partition coefficient (Wildman–Crippen LogP) is 5.29. The highest BCUT2D eigenvalue weighted by Crippen LogP contribution is 2.54. The number of nitrogens with one attached hydrogen (secondary N) is 2. The van der Waals surface area contributed by atoms with E-state index in [4.69, 9.17) is 0 Å². The van der Waals surface area contributed by atoms with Crippen molar-refractivity contribution in [3.05, 3.63) is 66.0 Å². The van der Waals surface area contributed by atoms with Gasteiger partial charge >= 0.3 is 0 Å². The molecule has 2 aliphatic rings. The van der Waals surface area contributed by atoms with Gasteiger partial charge in [0.15, 0.2) is 11.5 Å². The summed E-state index contributed by atoms with van der Waals surface area (Å²) >= 11 is 0. The SMILES string of the molecule is C=C(Nc1ccc2[nH]c(C3(C)CC3)cc2c1)C1(c2ccc(O)c(O)c2)CC1. The molecule has 0 saturated heterocycles. The summed E-state index contributed by atoms with van der Waals surface area (Å²) in [5, 5.41) is 24.1. The van der Waals surface area contributed by atoms with E-state index in [2.05, 4.69) is 48.1 Å². The van der Waals surface area contributed by atoms with Gasteiger partial charge in [-0.05, 0) is 67.6 Å². The summed E-state index contributed by atoms with van der Waals surface area (Å²) in [7, 11) is 0. The maximum Gasteiger partial charge on any atom is 0.157 e. The van der Waals surface area contributed by atoms with Crippen molar-refractivity contribution in [2.45, 2.75) is 43.4 Å². The monoisotopic (exact) mass is 360 g/mol. The van der Waals surface area contributed by atoms with Crippen LogP contribution in [0.15, 0.2) is 54.7 Å². The number of aromatic amines is 1. The molecule has 0 radical (unpaired) electrons. The van der Waals surface area contributed by atoms with Gasteiger partial charge in [0.1, 0.15) is 0 Å². The van der Waals surface area contributed by atoms with Gasteiger partial charge in [-0.3, -0.25) is 0 Å². The number of benzene rings is 2. The summed E-state index contributed by atoms with van der Waals surface area (Å²) in [6.07, 6.45) is 4.48. The summed E-state index contributed by atoms with van der Waals surface area (Å²) < 4.78 is 0. The molecule has 0 amide bonds. The molecule has 4 nitrogen and oxygen atoms in total. The van der Waals surface area contributed by atoms with Crippen LogP contribution in [0.3, 0.4) is 0 Å². The number of hydrogen-bond acceptors (Lipinski definition) is 3. The van der Waals surface area contributed by atoms with Crippen molar-refractivity contribution in [1.29, 1.82) is 0 Å². The minimum Gasteiger partial charge on any atom is -0.504 e. The number of aromatic nitrogens is 1. The first kappa shape index (κ1) is 16.3. The molecule has 2 aromatic carbocycles. The second-order valence-electron chi connectivity index (χ2n) is 8.43. The van der Waals surface area contributed by atoms with Crippen LogP contribution in [0.5, 0.6) is 11.5 Å². The van der Waals surface area contributed by atoms with Gasteiger partial charge in [-0.2, -0.15) is 0 Å². The number of anilines is 1. The van der Waals surface area contributed by atoms with E-state index in [-0.39, 0.29) is 16.9 Å². The Balaban J connectivity index is 1.41. The molecule has 0 unspecified atom stereocenters. The molecule has 5 rings (SSSR count). The van der Waals surface area contributed by atoms with Gasteiger partial charge in [-0.1, -0.05) is 19.6 Å². The largest absolute Gasteiger partial charge is 0.504 e. The number of allylic oxidation sites excluding steroid dienone is 1. The Kier molecular flexibility index (Phi) is 3.21. The van der Waals surface area contributed by atoms with Gasteiger partial charge in [-0.15, -0.1) is 0 Å². The van der Waals surface area contributed by atoms with Gasteiger partial charge in [-0.25, -0.2) is 0 Å². The fourth-order valence-corrected chi connectivity index (χ4v) is 4.00.